The lowest BCUT2D eigenvalue weighted by atomic mass is 10.1. The average molecular weight is 230 g/mol. The molecule has 0 aliphatic heterocycles. The summed E-state index contributed by atoms with van der Waals surface area (Å²) in [5, 5.41) is 7.12. The Morgan fingerprint density at radius 1 is 1.29 bits per heavy atom. The minimum atomic E-state index is 0.668. The molecule has 0 atom stereocenters. The van der Waals surface area contributed by atoms with Crippen molar-refractivity contribution in [3.8, 4) is 5.75 Å². The van der Waals surface area contributed by atoms with Crippen LogP contribution in [-0.4, -0.2) is 16.8 Å². The molecule has 0 saturated carbocycles. The summed E-state index contributed by atoms with van der Waals surface area (Å²) in [6.45, 7) is 4.81. The lowest BCUT2D eigenvalue weighted by Crippen LogP contribution is -2.03. The second kappa shape index (κ2) is 5.53. The Morgan fingerprint density at radius 3 is 2.82 bits per heavy atom. The maximum absolute atomic E-state index is 5.79. The molecule has 0 amide bonds. The van der Waals surface area contributed by atoms with Crippen LogP contribution in [-0.2, 0) is 12.8 Å². The Bertz CT molecular complexity index is 477. The van der Waals surface area contributed by atoms with Gasteiger partial charge in [-0.15, -0.1) is 0 Å². The minimum absolute atomic E-state index is 0.668. The largest absolute Gasteiger partial charge is 0.493 e. The van der Waals surface area contributed by atoms with Gasteiger partial charge in [-0.1, -0.05) is 25.1 Å². The zero-order chi connectivity index (χ0) is 12.1. The standard InChI is InChI=1S/C14H18N2O/c1-3-12-6-4-5-7-14(12)17-9-8-13-10-11(2)15-16-13/h4-7,10H,3,8-9H2,1-2H3,(H,15,16). The van der Waals surface area contributed by atoms with Gasteiger partial charge in [0.1, 0.15) is 5.75 Å². The zero-order valence-corrected chi connectivity index (χ0v) is 10.4. The molecule has 1 heterocycles. The predicted octanol–water partition coefficient (Wildman–Crippen LogP) is 2.90. The number of H-pyrrole nitrogens is 1. The molecular weight excluding hydrogens is 212 g/mol. The molecule has 1 N–H and O–H groups in total. The van der Waals surface area contributed by atoms with Gasteiger partial charge in [-0.25, -0.2) is 0 Å². The van der Waals surface area contributed by atoms with Crippen LogP contribution in [0.15, 0.2) is 30.3 Å². The Morgan fingerprint density at radius 2 is 2.12 bits per heavy atom. The van der Waals surface area contributed by atoms with Gasteiger partial charge in [-0.2, -0.15) is 5.10 Å². The SMILES string of the molecule is CCc1ccccc1OCCc1cc(C)[nH]n1. The van der Waals surface area contributed by atoms with E-state index < -0.39 is 0 Å². The van der Waals surface area contributed by atoms with Crippen LogP contribution in [0.1, 0.15) is 23.9 Å². The van der Waals surface area contributed by atoms with E-state index in [1.165, 1.54) is 5.56 Å². The molecule has 90 valence electrons. The van der Waals surface area contributed by atoms with Gasteiger partial charge in [0, 0.05) is 12.1 Å². The van der Waals surface area contributed by atoms with Crippen LogP contribution in [0.25, 0.3) is 0 Å². The highest BCUT2D eigenvalue weighted by Gasteiger charge is 2.02. The van der Waals surface area contributed by atoms with Gasteiger partial charge < -0.3 is 4.74 Å². The highest BCUT2D eigenvalue weighted by Crippen LogP contribution is 2.18. The highest BCUT2D eigenvalue weighted by molar-refractivity contribution is 5.33. The average Bonchev–Trinajstić information content (AvgIpc) is 2.76. The number of aryl methyl sites for hydroxylation is 2. The van der Waals surface area contributed by atoms with Crippen LogP contribution in [0.4, 0.5) is 0 Å². The topological polar surface area (TPSA) is 37.9 Å². The number of benzene rings is 1. The number of hydrogen-bond donors (Lipinski definition) is 1. The summed E-state index contributed by atoms with van der Waals surface area (Å²) in [5.41, 5.74) is 3.40. The van der Waals surface area contributed by atoms with E-state index in [0.29, 0.717) is 6.61 Å². The van der Waals surface area contributed by atoms with Gasteiger partial charge >= 0.3 is 0 Å². The van der Waals surface area contributed by atoms with Gasteiger partial charge in [0.2, 0.25) is 0 Å². The number of aromatic nitrogens is 2. The van der Waals surface area contributed by atoms with Crippen molar-refractivity contribution in [2.24, 2.45) is 0 Å². The first-order valence-electron chi connectivity index (χ1n) is 6.01. The fraction of sp³-hybridized carbons (Fsp3) is 0.357. The molecule has 17 heavy (non-hydrogen) atoms. The summed E-state index contributed by atoms with van der Waals surface area (Å²) in [7, 11) is 0. The quantitative estimate of drug-likeness (QED) is 0.857. The van der Waals surface area contributed by atoms with Crippen molar-refractivity contribution in [3.63, 3.8) is 0 Å². The van der Waals surface area contributed by atoms with Crippen LogP contribution in [0.5, 0.6) is 5.75 Å². The third kappa shape index (κ3) is 3.09. The maximum atomic E-state index is 5.79. The molecule has 3 nitrogen and oxygen atoms in total. The molecule has 1 aromatic carbocycles. The molecule has 0 saturated heterocycles. The van der Waals surface area contributed by atoms with Crippen molar-refractivity contribution in [2.75, 3.05) is 6.61 Å². The third-order valence-electron chi connectivity index (χ3n) is 2.73. The van der Waals surface area contributed by atoms with Crippen molar-refractivity contribution in [2.45, 2.75) is 26.7 Å². The molecule has 0 unspecified atom stereocenters. The molecular formula is C14H18N2O. The lowest BCUT2D eigenvalue weighted by Gasteiger charge is -2.09. The zero-order valence-electron chi connectivity index (χ0n) is 10.4. The van der Waals surface area contributed by atoms with Gasteiger partial charge in [-0.05, 0) is 31.0 Å². The van der Waals surface area contributed by atoms with Crippen molar-refractivity contribution < 1.29 is 4.74 Å². The molecule has 0 aliphatic carbocycles. The summed E-state index contributed by atoms with van der Waals surface area (Å²) in [5.74, 6) is 0.988. The second-order valence-electron chi connectivity index (χ2n) is 4.10. The Kier molecular flexibility index (Phi) is 3.81. The number of hydrogen-bond acceptors (Lipinski definition) is 2. The van der Waals surface area contributed by atoms with Crippen LogP contribution in [0, 0.1) is 6.92 Å². The second-order valence-corrected chi connectivity index (χ2v) is 4.10. The maximum Gasteiger partial charge on any atom is 0.122 e. The van der Waals surface area contributed by atoms with E-state index in [1.54, 1.807) is 0 Å². The van der Waals surface area contributed by atoms with E-state index in [0.717, 1.165) is 30.0 Å². The first-order valence-corrected chi connectivity index (χ1v) is 6.01. The van der Waals surface area contributed by atoms with E-state index >= 15 is 0 Å². The monoisotopic (exact) mass is 230 g/mol. The van der Waals surface area contributed by atoms with E-state index in [1.807, 2.05) is 25.1 Å². The minimum Gasteiger partial charge on any atom is -0.493 e. The number of rotatable bonds is 5. The number of nitrogens with zero attached hydrogens (tertiary/aromatic N) is 1. The number of para-hydroxylation sites is 1. The first-order chi connectivity index (χ1) is 8.29. The summed E-state index contributed by atoms with van der Waals surface area (Å²) in [6.07, 6.45) is 1.83. The molecule has 0 aliphatic rings. The summed E-state index contributed by atoms with van der Waals surface area (Å²) in [6, 6.07) is 10.2. The van der Waals surface area contributed by atoms with E-state index in [2.05, 4.69) is 29.3 Å². The van der Waals surface area contributed by atoms with Crippen molar-refractivity contribution >= 4 is 0 Å². The predicted molar refractivity (Wildman–Crippen MR) is 68.3 cm³/mol. The summed E-state index contributed by atoms with van der Waals surface area (Å²) in [4.78, 5) is 0. The van der Waals surface area contributed by atoms with Crippen LogP contribution in [0.2, 0.25) is 0 Å². The molecule has 2 rings (SSSR count). The van der Waals surface area contributed by atoms with Crippen molar-refractivity contribution in [3.05, 3.63) is 47.3 Å². The van der Waals surface area contributed by atoms with Gasteiger partial charge in [-0.3, -0.25) is 5.10 Å². The molecule has 0 bridgehead atoms. The Hall–Kier alpha value is -1.77. The van der Waals surface area contributed by atoms with E-state index in [-0.39, 0.29) is 0 Å². The Balaban J connectivity index is 1.89. The fourth-order valence-electron chi connectivity index (χ4n) is 1.80. The van der Waals surface area contributed by atoms with Gasteiger partial charge in [0.15, 0.2) is 0 Å². The highest BCUT2D eigenvalue weighted by atomic mass is 16.5. The number of aromatic amines is 1. The number of ether oxygens (including phenoxy) is 1. The van der Waals surface area contributed by atoms with E-state index in [9.17, 15) is 0 Å². The van der Waals surface area contributed by atoms with Crippen molar-refractivity contribution in [1.82, 2.24) is 10.2 Å². The molecule has 0 radical (unpaired) electrons. The van der Waals surface area contributed by atoms with Crippen LogP contribution < -0.4 is 4.74 Å². The Labute approximate surface area is 102 Å². The third-order valence-corrected chi connectivity index (χ3v) is 2.73. The summed E-state index contributed by atoms with van der Waals surface area (Å²) < 4.78 is 5.79. The fourth-order valence-corrected chi connectivity index (χ4v) is 1.80. The normalized spacial score (nSPS) is 10.5. The van der Waals surface area contributed by atoms with E-state index in [4.69, 9.17) is 4.74 Å². The number of nitrogens with one attached hydrogen (secondary N) is 1. The summed E-state index contributed by atoms with van der Waals surface area (Å²) >= 11 is 0. The molecule has 0 fully saturated rings. The van der Waals surface area contributed by atoms with Crippen molar-refractivity contribution in [1.29, 1.82) is 0 Å². The lowest BCUT2D eigenvalue weighted by molar-refractivity contribution is 0.317. The first kappa shape index (κ1) is 11.7. The molecule has 0 spiro atoms. The van der Waals surface area contributed by atoms with Gasteiger partial charge in [0.25, 0.3) is 0 Å². The van der Waals surface area contributed by atoms with Gasteiger partial charge in [0.05, 0.1) is 12.3 Å². The molecule has 2 aromatic rings. The molecule has 1 aromatic heterocycles. The molecule has 3 heteroatoms. The van der Waals surface area contributed by atoms with Crippen LogP contribution in [0.3, 0.4) is 0 Å². The van der Waals surface area contributed by atoms with Crippen LogP contribution >= 0.6 is 0 Å². The smallest absolute Gasteiger partial charge is 0.122 e.